The quantitative estimate of drug-likeness (QED) is 0.145. The summed E-state index contributed by atoms with van der Waals surface area (Å²) in [5.41, 5.74) is 4.36. The predicted molar refractivity (Wildman–Crippen MR) is 174 cm³/mol. The van der Waals surface area contributed by atoms with E-state index < -0.39 is 0 Å². The van der Waals surface area contributed by atoms with Crippen LogP contribution in [0, 0.1) is 0 Å². The van der Waals surface area contributed by atoms with Crippen LogP contribution in [0.1, 0.15) is 103 Å². The van der Waals surface area contributed by atoms with E-state index in [0.717, 1.165) is 37.1 Å². The zero-order chi connectivity index (χ0) is 27.7. The molecule has 214 valence electrons. The van der Waals surface area contributed by atoms with Crippen LogP contribution in [0.4, 0.5) is 0 Å². The van der Waals surface area contributed by atoms with Gasteiger partial charge in [-0.25, -0.2) is 0 Å². The minimum Gasteiger partial charge on any atom is -0.455 e. The Hall–Kier alpha value is -2.36. The van der Waals surface area contributed by atoms with E-state index in [2.05, 4.69) is 98.2 Å². The Morgan fingerprint density at radius 3 is 1.28 bits per heavy atom. The molecular weight excluding hydrogens is 476 g/mol. The summed E-state index contributed by atoms with van der Waals surface area (Å²) < 4.78 is 6.56. The van der Waals surface area contributed by atoms with E-state index >= 15 is 0 Å². The fourth-order valence-corrected chi connectivity index (χ4v) is 5.26. The molecule has 0 radical (unpaired) electrons. The number of fused-ring (bicyclic) bond motifs is 3. The first-order valence-electron chi connectivity index (χ1n) is 15.9. The highest BCUT2D eigenvalue weighted by molar-refractivity contribution is 6.09. The average molecular weight is 531 g/mol. The topological polar surface area (TPSA) is 19.6 Å². The Kier molecular flexibility index (Phi) is 14.4. The molecule has 0 aliphatic rings. The summed E-state index contributed by atoms with van der Waals surface area (Å²) in [7, 11) is 0. The third kappa shape index (κ3) is 9.96. The van der Waals surface area contributed by atoms with Crippen LogP contribution in [0.2, 0.25) is 0 Å². The van der Waals surface area contributed by atoms with Crippen molar-refractivity contribution in [3.05, 3.63) is 59.7 Å². The van der Waals surface area contributed by atoms with Crippen molar-refractivity contribution in [1.82, 2.24) is 9.80 Å². The maximum atomic E-state index is 6.56. The van der Waals surface area contributed by atoms with Gasteiger partial charge in [-0.15, -0.1) is 0 Å². The van der Waals surface area contributed by atoms with Gasteiger partial charge in [-0.2, -0.15) is 0 Å². The van der Waals surface area contributed by atoms with Crippen LogP contribution in [0.15, 0.2) is 53.0 Å². The molecule has 3 rings (SSSR count). The van der Waals surface area contributed by atoms with Crippen molar-refractivity contribution in [3.8, 4) is 0 Å². The SMILES string of the molecule is CCCCN(CC/C=C/c1cccc2c1oc1c(/C=C/CCN(CCCC)CCCC)cccc12)CCCC. The molecule has 2 aromatic carbocycles. The van der Waals surface area contributed by atoms with Crippen LogP contribution in [-0.2, 0) is 0 Å². The first kappa shape index (κ1) is 31.2. The Morgan fingerprint density at radius 1 is 0.538 bits per heavy atom. The summed E-state index contributed by atoms with van der Waals surface area (Å²) in [6.45, 7) is 16.3. The largest absolute Gasteiger partial charge is 0.455 e. The molecule has 1 heterocycles. The van der Waals surface area contributed by atoms with Crippen LogP contribution in [0.3, 0.4) is 0 Å². The first-order valence-corrected chi connectivity index (χ1v) is 15.9. The fourth-order valence-electron chi connectivity index (χ4n) is 5.26. The lowest BCUT2D eigenvalue weighted by molar-refractivity contribution is 0.270. The standard InChI is InChI=1S/C36H54N2O/c1-5-9-25-37(26-10-6-2)29-15-13-19-31-21-17-23-33-34-24-18-22-32(36(34)39-35(31)33)20-14-16-30-38(27-11-7-3)28-12-8-4/h13-14,17-24H,5-12,15-16,25-30H2,1-4H3/b19-13+,20-14+. The summed E-state index contributed by atoms with van der Waals surface area (Å²) in [6, 6.07) is 13.1. The summed E-state index contributed by atoms with van der Waals surface area (Å²) in [5.74, 6) is 0. The highest BCUT2D eigenvalue weighted by Gasteiger charge is 2.11. The molecule has 1 aromatic heterocycles. The van der Waals surface area contributed by atoms with Gasteiger partial charge in [0, 0.05) is 35.0 Å². The van der Waals surface area contributed by atoms with Crippen LogP contribution in [0.25, 0.3) is 34.1 Å². The maximum absolute atomic E-state index is 6.56. The Labute approximate surface area is 238 Å². The molecule has 0 saturated carbocycles. The molecule has 3 heteroatoms. The second-order valence-electron chi connectivity index (χ2n) is 11.0. The van der Waals surface area contributed by atoms with Crippen molar-refractivity contribution in [3.63, 3.8) is 0 Å². The van der Waals surface area contributed by atoms with Gasteiger partial charge in [-0.1, -0.05) is 114 Å². The molecule has 0 fully saturated rings. The van der Waals surface area contributed by atoms with Gasteiger partial charge < -0.3 is 14.2 Å². The van der Waals surface area contributed by atoms with Gasteiger partial charge >= 0.3 is 0 Å². The molecule has 3 nitrogen and oxygen atoms in total. The van der Waals surface area contributed by atoms with E-state index in [-0.39, 0.29) is 0 Å². The molecule has 39 heavy (non-hydrogen) atoms. The van der Waals surface area contributed by atoms with E-state index in [0.29, 0.717) is 0 Å². The van der Waals surface area contributed by atoms with Crippen molar-refractivity contribution in [1.29, 1.82) is 0 Å². The molecule has 0 aliphatic heterocycles. The average Bonchev–Trinajstić information content (AvgIpc) is 3.35. The molecule has 0 atom stereocenters. The molecule has 3 aromatic rings. The molecule has 0 N–H and O–H groups in total. The molecular formula is C36H54N2O. The number of furan rings is 1. The molecule has 0 unspecified atom stereocenters. The zero-order valence-corrected chi connectivity index (χ0v) is 25.4. The van der Waals surface area contributed by atoms with Gasteiger partial charge in [0.05, 0.1) is 0 Å². The lowest BCUT2D eigenvalue weighted by atomic mass is 10.1. The minimum atomic E-state index is 1.00. The van der Waals surface area contributed by atoms with E-state index in [1.54, 1.807) is 0 Å². The molecule has 0 aliphatic carbocycles. The second-order valence-corrected chi connectivity index (χ2v) is 11.0. The number of unbranched alkanes of at least 4 members (excludes halogenated alkanes) is 4. The van der Waals surface area contributed by atoms with Crippen molar-refractivity contribution < 1.29 is 4.42 Å². The Balaban J connectivity index is 1.69. The van der Waals surface area contributed by atoms with E-state index in [9.17, 15) is 0 Å². The first-order chi connectivity index (χ1) is 19.2. The Bertz CT molecular complexity index is 1040. The Morgan fingerprint density at radius 2 is 0.923 bits per heavy atom. The number of benzene rings is 2. The van der Waals surface area contributed by atoms with Crippen molar-refractivity contribution in [2.45, 2.75) is 91.9 Å². The second kappa shape index (κ2) is 18.1. The van der Waals surface area contributed by atoms with Gasteiger partial charge in [0.25, 0.3) is 0 Å². The lowest BCUT2D eigenvalue weighted by Gasteiger charge is -2.21. The van der Waals surface area contributed by atoms with E-state index in [1.165, 1.54) is 99.4 Å². The van der Waals surface area contributed by atoms with Crippen molar-refractivity contribution in [2.24, 2.45) is 0 Å². The lowest BCUT2D eigenvalue weighted by Crippen LogP contribution is -2.26. The van der Waals surface area contributed by atoms with Crippen LogP contribution in [0.5, 0.6) is 0 Å². The monoisotopic (exact) mass is 530 g/mol. The maximum Gasteiger partial charge on any atom is 0.142 e. The van der Waals surface area contributed by atoms with Gasteiger partial charge in [-0.3, -0.25) is 0 Å². The third-order valence-electron chi connectivity index (χ3n) is 7.72. The highest BCUT2D eigenvalue weighted by Crippen LogP contribution is 2.34. The number of para-hydroxylation sites is 2. The molecule has 0 spiro atoms. The molecule has 0 bridgehead atoms. The number of nitrogens with zero attached hydrogens (tertiary/aromatic N) is 2. The van der Waals surface area contributed by atoms with Gasteiger partial charge in [0.1, 0.15) is 11.2 Å². The normalized spacial score (nSPS) is 12.5. The highest BCUT2D eigenvalue weighted by atomic mass is 16.3. The number of hydrogen-bond acceptors (Lipinski definition) is 3. The third-order valence-corrected chi connectivity index (χ3v) is 7.72. The summed E-state index contributed by atoms with van der Waals surface area (Å²) in [6.07, 6.45) is 21.6. The van der Waals surface area contributed by atoms with E-state index in [4.69, 9.17) is 4.42 Å². The summed E-state index contributed by atoms with van der Waals surface area (Å²) >= 11 is 0. The number of hydrogen-bond donors (Lipinski definition) is 0. The van der Waals surface area contributed by atoms with Crippen LogP contribution < -0.4 is 0 Å². The van der Waals surface area contributed by atoms with Crippen molar-refractivity contribution >= 4 is 34.1 Å². The smallest absolute Gasteiger partial charge is 0.142 e. The number of rotatable bonds is 20. The summed E-state index contributed by atoms with van der Waals surface area (Å²) in [4.78, 5) is 5.26. The molecule has 0 amide bonds. The predicted octanol–water partition coefficient (Wildman–Crippen LogP) is 10.2. The van der Waals surface area contributed by atoms with Gasteiger partial charge in [0.15, 0.2) is 0 Å². The van der Waals surface area contributed by atoms with Crippen molar-refractivity contribution in [2.75, 3.05) is 39.3 Å². The minimum absolute atomic E-state index is 1.00. The van der Waals surface area contributed by atoms with Crippen LogP contribution in [-0.4, -0.2) is 49.1 Å². The van der Waals surface area contributed by atoms with Crippen LogP contribution >= 0.6 is 0 Å². The molecule has 0 saturated heterocycles. The summed E-state index contributed by atoms with van der Waals surface area (Å²) in [5, 5.41) is 2.42. The van der Waals surface area contributed by atoms with Gasteiger partial charge in [0.2, 0.25) is 0 Å². The fraction of sp³-hybridized carbons (Fsp3) is 0.556. The van der Waals surface area contributed by atoms with E-state index in [1.807, 2.05) is 0 Å². The van der Waals surface area contributed by atoms with Gasteiger partial charge in [-0.05, 0) is 64.7 Å². The zero-order valence-electron chi connectivity index (χ0n) is 25.4.